The van der Waals surface area contributed by atoms with Gasteiger partial charge in [0, 0.05) is 17.1 Å². The van der Waals surface area contributed by atoms with E-state index in [1.165, 1.54) is 12.0 Å². The van der Waals surface area contributed by atoms with E-state index in [1.54, 1.807) is 0 Å². The minimum absolute atomic E-state index is 0.320. The second-order valence-electron chi connectivity index (χ2n) is 4.48. The fraction of sp³-hybridized carbons (Fsp3) is 0.538. The molecule has 0 aliphatic rings. The molecule has 0 saturated carbocycles. The van der Waals surface area contributed by atoms with E-state index in [2.05, 4.69) is 59.1 Å². The topological polar surface area (TPSA) is 29.3 Å². The van der Waals surface area contributed by atoms with E-state index in [-0.39, 0.29) is 0 Å². The van der Waals surface area contributed by atoms with Gasteiger partial charge >= 0.3 is 0 Å². The van der Waals surface area contributed by atoms with E-state index in [0.29, 0.717) is 6.04 Å². The van der Waals surface area contributed by atoms with Crippen molar-refractivity contribution in [1.29, 1.82) is 0 Å². The molecule has 1 aromatic carbocycles. The first-order valence-electron chi connectivity index (χ1n) is 5.76. The van der Waals surface area contributed by atoms with Crippen LogP contribution in [0.3, 0.4) is 0 Å². The molecule has 2 nitrogen and oxygen atoms in total. The summed E-state index contributed by atoms with van der Waals surface area (Å²) >= 11 is 3.44. The molecule has 0 spiro atoms. The smallest absolute Gasteiger partial charge is 0.0230 e. The quantitative estimate of drug-likeness (QED) is 0.870. The van der Waals surface area contributed by atoms with Crippen molar-refractivity contribution in [3.05, 3.63) is 34.3 Å². The van der Waals surface area contributed by atoms with Gasteiger partial charge in [0.1, 0.15) is 0 Å². The number of hydrogen-bond donors (Lipinski definition) is 1. The van der Waals surface area contributed by atoms with Crippen LogP contribution in [0.5, 0.6) is 0 Å². The van der Waals surface area contributed by atoms with Crippen LogP contribution in [0.15, 0.2) is 28.7 Å². The van der Waals surface area contributed by atoms with Crippen LogP contribution in [-0.2, 0) is 6.54 Å². The molecular weight excluding hydrogens is 264 g/mol. The van der Waals surface area contributed by atoms with Crippen molar-refractivity contribution in [3.63, 3.8) is 0 Å². The molecule has 0 aliphatic heterocycles. The van der Waals surface area contributed by atoms with Crippen molar-refractivity contribution in [2.24, 2.45) is 5.73 Å². The molecule has 16 heavy (non-hydrogen) atoms. The van der Waals surface area contributed by atoms with Crippen LogP contribution in [-0.4, -0.2) is 24.5 Å². The fourth-order valence-electron chi connectivity index (χ4n) is 1.66. The van der Waals surface area contributed by atoms with Crippen LogP contribution in [0.1, 0.15) is 25.3 Å². The molecule has 0 aromatic heterocycles. The average Bonchev–Trinajstić information content (AvgIpc) is 2.21. The summed E-state index contributed by atoms with van der Waals surface area (Å²) in [5.74, 6) is 0. The first kappa shape index (κ1) is 13.7. The zero-order chi connectivity index (χ0) is 12.0. The largest absolute Gasteiger partial charge is 0.328 e. The molecule has 90 valence electrons. The van der Waals surface area contributed by atoms with Gasteiger partial charge in [-0.3, -0.25) is 0 Å². The number of rotatable bonds is 6. The van der Waals surface area contributed by atoms with Crippen LogP contribution in [0.4, 0.5) is 0 Å². The molecule has 0 aliphatic carbocycles. The third kappa shape index (κ3) is 5.64. The summed E-state index contributed by atoms with van der Waals surface area (Å²) in [6.07, 6.45) is 2.27. The zero-order valence-electron chi connectivity index (χ0n) is 10.1. The van der Waals surface area contributed by atoms with Crippen LogP contribution < -0.4 is 5.73 Å². The van der Waals surface area contributed by atoms with Gasteiger partial charge in [-0.1, -0.05) is 28.1 Å². The minimum Gasteiger partial charge on any atom is -0.328 e. The van der Waals surface area contributed by atoms with E-state index in [0.717, 1.165) is 24.0 Å². The zero-order valence-corrected chi connectivity index (χ0v) is 11.7. The third-order valence-electron chi connectivity index (χ3n) is 2.57. The molecule has 1 unspecified atom stereocenters. The Kier molecular flexibility index (Phi) is 6.03. The predicted octanol–water partition coefficient (Wildman–Crippen LogP) is 3.01. The van der Waals surface area contributed by atoms with Crippen LogP contribution >= 0.6 is 15.9 Å². The lowest BCUT2D eigenvalue weighted by atomic mass is 10.2. The summed E-state index contributed by atoms with van der Waals surface area (Å²) in [6.45, 7) is 4.18. The summed E-state index contributed by atoms with van der Waals surface area (Å²) in [7, 11) is 2.16. The number of hydrogen-bond acceptors (Lipinski definition) is 2. The molecule has 0 heterocycles. The van der Waals surface area contributed by atoms with Crippen molar-refractivity contribution >= 4 is 15.9 Å². The SMILES string of the molecule is CC(N)CCCN(C)Cc1ccc(Br)cc1. The second-order valence-corrected chi connectivity index (χ2v) is 5.40. The summed E-state index contributed by atoms with van der Waals surface area (Å²) in [5, 5.41) is 0. The molecule has 1 rings (SSSR count). The molecule has 0 radical (unpaired) electrons. The molecule has 0 amide bonds. The molecule has 1 aromatic rings. The number of nitrogens with two attached hydrogens (primary N) is 1. The molecule has 0 bridgehead atoms. The number of nitrogens with zero attached hydrogens (tertiary/aromatic N) is 1. The maximum absolute atomic E-state index is 5.72. The maximum Gasteiger partial charge on any atom is 0.0230 e. The molecule has 0 fully saturated rings. The Labute approximate surface area is 107 Å². The summed E-state index contributed by atoms with van der Waals surface area (Å²) in [5.41, 5.74) is 7.08. The van der Waals surface area contributed by atoms with E-state index < -0.39 is 0 Å². The van der Waals surface area contributed by atoms with Gasteiger partial charge in [-0.2, -0.15) is 0 Å². The maximum atomic E-state index is 5.72. The van der Waals surface area contributed by atoms with Crippen molar-refractivity contribution in [1.82, 2.24) is 4.90 Å². The van der Waals surface area contributed by atoms with Gasteiger partial charge in [0.05, 0.1) is 0 Å². The fourth-order valence-corrected chi connectivity index (χ4v) is 1.93. The Bertz CT molecular complexity index is 295. The molecule has 0 saturated heterocycles. The second kappa shape index (κ2) is 7.05. The lowest BCUT2D eigenvalue weighted by molar-refractivity contribution is 0.315. The minimum atomic E-state index is 0.320. The number of halogens is 1. The lowest BCUT2D eigenvalue weighted by Crippen LogP contribution is -2.22. The highest BCUT2D eigenvalue weighted by Gasteiger charge is 2.01. The van der Waals surface area contributed by atoms with Crippen molar-refractivity contribution in [3.8, 4) is 0 Å². The summed E-state index contributed by atoms with van der Waals surface area (Å²) < 4.78 is 1.14. The molecule has 3 heteroatoms. The summed E-state index contributed by atoms with van der Waals surface area (Å²) in [6, 6.07) is 8.82. The monoisotopic (exact) mass is 284 g/mol. The van der Waals surface area contributed by atoms with Gasteiger partial charge in [0.15, 0.2) is 0 Å². The average molecular weight is 285 g/mol. The Morgan fingerprint density at radius 1 is 1.31 bits per heavy atom. The van der Waals surface area contributed by atoms with Gasteiger partial charge in [-0.25, -0.2) is 0 Å². The van der Waals surface area contributed by atoms with Crippen molar-refractivity contribution < 1.29 is 0 Å². The molecule has 2 N–H and O–H groups in total. The first-order chi connectivity index (χ1) is 7.58. The van der Waals surface area contributed by atoms with Gasteiger partial charge < -0.3 is 10.6 Å². The Hall–Kier alpha value is -0.380. The van der Waals surface area contributed by atoms with Gasteiger partial charge in [-0.15, -0.1) is 0 Å². The highest BCUT2D eigenvalue weighted by molar-refractivity contribution is 9.10. The third-order valence-corrected chi connectivity index (χ3v) is 3.09. The van der Waals surface area contributed by atoms with E-state index in [1.807, 2.05) is 0 Å². The summed E-state index contributed by atoms with van der Waals surface area (Å²) in [4.78, 5) is 2.34. The Morgan fingerprint density at radius 3 is 2.50 bits per heavy atom. The Balaban J connectivity index is 2.28. The van der Waals surface area contributed by atoms with Crippen LogP contribution in [0.25, 0.3) is 0 Å². The first-order valence-corrected chi connectivity index (χ1v) is 6.56. The van der Waals surface area contributed by atoms with E-state index >= 15 is 0 Å². The standard InChI is InChI=1S/C13H21BrN2/c1-11(15)4-3-9-16(2)10-12-5-7-13(14)8-6-12/h5-8,11H,3-4,9-10,15H2,1-2H3. The van der Waals surface area contributed by atoms with Crippen LogP contribution in [0, 0.1) is 0 Å². The highest BCUT2D eigenvalue weighted by atomic mass is 79.9. The highest BCUT2D eigenvalue weighted by Crippen LogP contribution is 2.12. The molecule has 1 atom stereocenters. The normalized spacial score (nSPS) is 13.1. The van der Waals surface area contributed by atoms with Crippen LogP contribution in [0.2, 0.25) is 0 Å². The van der Waals surface area contributed by atoms with Gasteiger partial charge in [0.2, 0.25) is 0 Å². The Morgan fingerprint density at radius 2 is 1.94 bits per heavy atom. The predicted molar refractivity (Wildman–Crippen MR) is 73.4 cm³/mol. The van der Waals surface area contributed by atoms with Crippen molar-refractivity contribution in [2.45, 2.75) is 32.4 Å². The van der Waals surface area contributed by atoms with Gasteiger partial charge in [0.25, 0.3) is 0 Å². The van der Waals surface area contributed by atoms with Gasteiger partial charge in [-0.05, 0) is 51.1 Å². The van der Waals surface area contributed by atoms with Crippen molar-refractivity contribution in [2.75, 3.05) is 13.6 Å². The molecular formula is C13H21BrN2. The van der Waals surface area contributed by atoms with E-state index in [4.69, 9.17) is 5.73 Å². The van der Waals surface area contributed by atoms with E-state index in [9.17, 15) is 0 Å². The number of benzene rings is 1. The lowest BCUT2D eigenvalue weighted by Gasteiger charge is -2.17.